The molecule has 2 aliphatic heterocycles. The molecule has 6 heteroatoms. The summed E-state index contributed by atoms with van der Waals surface area (Å²) in [4.78, 5) is 27.3. The Morgan fingerprint density at radius 1 is 1.14 bits per heavy atom. The smallest absolute Gasteiger partial charge is 0.295 e. The Morgan fingerprint density at radius 3 is 2.61 bits per heavy atom. The number of Topliss-reactive ketones (excluding diaryl/α,β-unsaturated/α-hetero) is 1. The maximum atomic E-state index is 12.9. The molecule has 2 unspecified atom stereocenters. The van der Waals surface area contributed by atoms with E-state index in [2.05, 4.69) is 15.9 Å². The van der Waals surface area contributed by atoms with Gasteiger partial charge in [-0.25, -0.2) is 0 Å². The summed E-state index contributed by atoms with van der Waals surface area (Å²) < 4.78 is 6.53. The largest absolute Gasteiger partial charge is 0.507 e. The summed E-state index contributed by atoms with van der Waals surface area (Å²) in [6.45, 7) is 0.994. The number of aliphatic hydroxyl groups excluding tert-OH is 1. The Morgan fingerprint density at radius 2 is 1.93 bits per heavy atom. The van der Waals surface area contributed by atoms with Crippen molar-refractivity contribution in [3.63, 3.8) is 0 Å². The highest BCUT2D eigenvalue weighted by Crippen LogP contribution is 2.40. The molecule has 2 aliphatic rings. The van der Waals surface area contributed by atoms with E-state index in [9.17, 15) is 14.7 Å². The summed E-state index contributed by atoms with van der Waals surface area (Å²) in [6.07, 6.45) is 1.71. The molecule has 0 saturated carbocycles. The number of nitrogens with zero attached hydrogens (tertiary/aromatic N) is 1. The van der Waals surface area contributed by atoms with Crippen LogP contribution in [0.15, 0.2) is 64.6 Å². The topological polar surface area (TPSA) is 66.8 Å². The van der Waals surface area contributed by atoms with Crippen molar-refractivity contribution in [1.82, 2.24) is 4.90 Å². The van der Waals surface area contributed by atoms with Crippen LogP contribution >= 0.6 is 15.9 Å². The number of halogens is 1. The first-order valence-corrected chi connectivity index (χ1v) is 10.1. The lowest BCUT2D eigenvalue weighted by atomic mass is 9.95. The van der Waals surface area contributed by atoms with Gasteiger partial charge in [0.25, 0.3) is 11.7 Å². The number of rotatable bonds is 4. The second-order valence-electron chi connectivity index (χ2n) is 7.01. The molecular weight excluding hydrogens is 422 g/mol. The number of hydrogen-bond donors (Lipinski definition) is 1. The molecule has 144 valence electrons. The van der Waals surface area contributed by atoms with E-state index < -0.39 is 17.7 Å². The molecule has 1 amide bonds. The lowest BCUT2D eigenvalue weighted by Crippen LogP contribution is -2.36. The molecule has 0 radical (unpaired) electrons. The van der Waals surface area contributed by atoms with Gasteiger partial charge in [0.2, 0.25) is 0 Å². The number of amides is 1. The minimum Gasteiger partial charge on any atom is -0.507 e. The van der Waals surface area contributed by atoms with Crippen LogP contribution in [0.25, 0.3) is 5.76 Å². The number of carbonyl (C=O) groups is 2. The van der Waals surface area contributed by atoms with Gasteiger partial charge in [0.1, 0.15) is 5.76 Å². The predicted octanol–water partition coefficient (Wildman–Crippen LogP) is 4.05. The molecule has 2 atom stereocenters. The van der Waals surface area contributed by atoms with Gasteiger partial charge in [-0.2, -0.15) is 0 Å². The first kappa shape index (κ1) is 18.9. The van der Waals surface area contributed by atoms with Gasteiger partial charge in [0.15, 0.2) is 0 Å². The van der Waals surface area contributed by atoms with E-state index in [0.717, 1.165) is 22.9 Å². The average Bonchev–Trinajstić information content (AvgIpc) is 3.30. The van der Waals surface area contributed by atoms with Crippen molar-refractivity contribution in [2.45, 2.75) is 25.0 Å². The van der Waals surface area contributed by atoms with Gasteiger partial charge < -0.3 is 14.7 Å². The summed E-state index contributed by atoms with van der Waals surface area (Å²) in [5.74, 6) is -1.42. The van der Waals surface area contributed by atoms with Crippen LogP contribution in [-0.2, 0) is 14.3 Å². The van der Waals surface area contributed by atoms with Crippen molar-refractivity contribution in [3.05, 3.63) is 75.8 Å². The fourth-order valence-electron chi connectivity index (χ4n) is 3.85. The van der Waals surface area contributed by atoms with Gasteiger partial charge in [-0.05, 0) is 30.5 Å². The maximum absolute atomic E-state index is 12.9. The first-order chi connectivity index (χ1) is 13.6. The van der Waals surface area contributed by atoms with Crippen molar-refractivity contribution in [2.75, 3.05) is 13.2 Å². The van der Waals surface area contributed by atoms with Crippen molar-refractivity contribution >= 4 is 33.4 Å². The molecule has 2 saturated heterocycles. The fourth-order valence-corrected chi connectivity index (χ4v) is 4.27. The number of benzene rings is 2. The van der Waals surface area contributed by atoms with Crippen molar-refractivity contribution in [3.8, 4) is 0 Å². The first-order valence-electron chi connectivity index (χ1n) is 9.27. The normalized spacial score (nSPS) is 24.1. The van der Waals surface area contributed by atoms with E-state index in [0.29, 0.717) is 18.7 Å². The summed E-state index contributed by atoms with van der Waals surface area (Å²) in [5.41, 5.74) is 1.40. The zero-order chi connectivity index (χ0) is 19.7. The summed E-state index contributed by atoms with van der Waals surface area (Å²) >= 11 is 3.46. The molecule has 0 aliphatic carbocycles. The van der Waals surface area contributed by atoms with Crippen LogP contribution in [0.4, 0.5) is 0 Å². The Bertz CT molecular complexity index is 935. The third-order valence-electron chi connectivity index (χ3n) is 5.18. The summed E-state index contributed by atoms with van der Waals surface area (Å²) in [6, 6.07) is 15.7. The lowest BCUT2D eigenvalue weighted by Gasteiger charge is -2.27. The van der Waals surface area contributed by atoms with E-state index in [1.165, 1.54) is 4.90 Å². The number of hydrogen-bond acceptors (Lipinski definition) is 4. The molecule has 4 rings (SSSR count). The highest BCUT2D eigenvalue weighted by Gasteiger charge is 2.47. The van der Waals surface area contributed by atoms with E-state index in [1.807, 2.05) is 30.3 Å². The second kappa shape index (κ2) is 7.89. The predicted molar refractivity (Wildman–Crippen MR) is 109 cm³/mol. The quantitative estimate of drug-likeness (QED) is 0.441. The standard InChI is InChI=1S/C22H20BrNO4/c23-16-9-4-8-15(12-16)19-18(20(25)14-6-2-1-3-7-14)21(26)22(27)24(19)13-17-10-5-11-28-17/h1-4,6-9,12,17,19,25H,5,10-11,13H2/b20-18-. The Hall–Kier alpha value is -2.44. The third-order valence-corrected chi connectivity index (χ3v) is 5.67. The Kier molecular flexibility index (Phi) is 5.33. The average molecular weight is 442 g/mol. The Balaban J connectivity index is 1.83. The SMILES string of the molecule is O=C1C(=O)N(CC2CCCO2)C(c2cccc(Br)c2)/C1=C(/O)c1ccccc1. The molecule has 2 heterocycles. The minimum absolute atomic E-state index is 0.0929. The second-order valence-corrected chi connectivity index (χ2v) is 7.92. The zero-order valence-corrected chi connectivity index (χ0v) is 16.8. The molecule has 0 spiro atoms. The third kappa shape index (κ3) is 3.50. The van der Waals surface area contributed by atoms with Crippen LogP contribution in [0, 0.1) is 0 Å². The minimum atomic E-state index is -0.663. The van der Waals surface area contributed by atoms with E-state index in [-0.39, 0.29) is 17.4 Å². The highest BCUT2D eigenvalue weighted by atomic mass is 79.9. The molecule has 28 heavy (non-hydrogen) atoms. The van der Waals surface area contributed by atoms with Crippen LogP contribution < -0.4 is 0 Å². The van der Waals surface area contributed by atoms with Gasteiger partial charge in [-0.1, -0.05) is 58.4 Å². The Labute approximate surface area is 171 Å². The van der Waals surface area contributed by atoms with Crippen LogP contribution in [0.2, 0.25) is 0 Å². The number of ether oxygens (including phenoxy) is 1. The van der Waals surface area contributed by atoms with Crippen molar-refractivity contribution < 1.29 is 19.4 Å². The monoisotopic (exact) mass is 441 g/mol. The number of aliphatic hydroxyl groups is 1. The van der Waals surface area contributed by atoms with Crippen LogP contribution in [0.3, 0.4) is 0 Å². The fraction of sp³-hybridized carbons (Fsp3) is 0.273. The van der Waals surface area contributed by atoms with Gasteiger partial charge in [-0.3, -0.25) is 9.59 Å². The highest BCUT2D eigenvalue weighted by molar-refractivity contribution is 9.10. The molecule has 0 bridgehead atoms. The molecule has 5 nitrogen and oxygen atoms in total. The number of ketones is 1. The summed E-state index contributed by atoms with van der Waals surface area (Å²) in [7, 11) is 0. The van der Waals surface area contributed by atoms with Crippen LogP contribution in [0.1, 0.15) is 30.0 Å². The van der Waals surface area contributed by atoms with E-state index in [4.69, 9.17) is 4.74 Å². The molecule has 2 aromatic rings. The molecule has 2 fully saturated rings. The van der Waals surface area contributed by atoms with Crippen LogP contribution in [-0.4, -0.2) is 41.0 Å². The van der Waals surface area contributed by atoms with E-state index in [1.54, 1.807) is 24.3 Å². The van der Waals surface area contributed by atoms with Crippen LogP contribution in [0.5, 0.6) is 0 Å². The molecule has 2 aromatic carbocycles. The van der Waals surface area contributed by atoms with Gasteiger partial charge in [-0.15, -0.1) is 0 Å². The van der Waals surface area contributed by atoms with Gasteiger partial charge >= 0.3 is 0 Å². The van der Waals surface area contributed by atoms with Gasteiger partial charge in [0.05, 0.1) is 17.7 Å². The van der Waals surface area contributed by atoms with Crippen molar-refractivity contribution in [1.29, 1.82) is 0 Å². The number of carbonyl (C=O) groups excluding carboxylic acids is 2. The van der Waals surface area contributed by atoms with Gasteiger partial charge in [0, 0.05) is 23.2 Å². The molecular formula is C22H20BrNO4. The molecule has 0 aromatic heterocycles. The van der Waals surface area contributed by atoms with E-state index >= 15 is 0 Å². The van der Waals surface area contributed by atoms with Crippen molar-refractivity contribution in [2.24, 2.45) is 0 Å². The zero-order valence-electron chi connectivity index (χ0n) is 15.2. The summed E-state index contributed by atoms with van der Waals surface area (Å²) in [5, 5.41) is 10.9. The molecule has 1 N–H and O–H groups in total. The number of likely N-dealkylation sites (tertiary alicyclic amines) is 1. The lowest BCUT2D eigenvalue weighted by molar-refractivity contribution is -0.140. The maximum Gasteiger partial charge on any atom is 0.295 e.